The number of methoxy groups -OCH3 is 4. The van der Waals surface area contributed by atoms with Gasteiger partial charge >= 0.3 is 0 Å². The van der Waals surface area contributed by atoms with Crippen LogP contribution in [-0.2, 0) is 4.79 Å². The minimum Gasteiger partial charge on any atom is -0.495 e. The molecular weight excluding hydrogens is 418 g/mol. The maximum atomic E-state index is 12.6. The average molecular weight is 446 g/mol. The maximum Gasteiger partial charge on any atom is 0.248 e. The maximum absolute atomic E-state index is 12.6. The Kier molecular flexibility index (Phi) is 8.13. The lowest BCUT2D eigenvalue weighted by atomic mass is 10.1. The second-order valence-electron chi connectivity index (χ2n) is 6.95. The van der Waals surface area contributed by atoms with E-state index in [0.29, 0.717) is 28.7 Å². The molecule has 0 aliphatic carbocycles. The second kappa shape index (κ2) is 11.4. The predicted octanol–water partition coefficient (Wildman–Crippen LogP) is 5.54. The highest BCUT2D eigenvalue weighted by Gasteiger charge is 2.13. The number of carbonyl (C=O) groups excluding carboxylic acids is 1. The van der Waals surface area contributed by atoms with Gasteiger partial charge in [0.2, 0.25) is 11.7 Å². The molecule has 3 aromatic rings. The third kappa shape index (κ3) is 5.95. The standard InChI is InChI=1S/C27H27NO5/c1-30-22-12-8-11-21(26(22)28-25(29)16-14-19-9-6-5-7-10-19)15-13-20-17-23(31-2)27(33-4)24(18-20)32-3/h5-18H,1-4H3,(H,28,29)/b15-13?,16-14+. The molecule has 1 N–H and O–H groups in total. The highest BCUT2D eigenvalue weighted by atomic mass is 16.5. The molecule has 33 heavy (non-hydrogen) atoms. The van der Waals surface area contributed by atoms with Crippen molar-refractivity contribution in [3.8, 4) is 23.0 Å². The lowest BCUT2D eigenvalue weighted by Crippen LogP contribution is -2.10. The van der Waals surface area contributed by atoms with Gasteiger partial charge < -0.3 is 24.3 Å². The Bertz CT molecular complexity index is 1130. The first-order chi connectivity index (χ1) is 16.1. The Balaban J connectivity index is 1.89. The zero-order chi connectivity index (χ0) is 23.6. The van der Waals surface area contributed by atoms with Crippen LogP contribution in [0.5, 0.6) is 23.0 Å². The Morgan fingerprint density at radius 2 is 1.36 bits per heavy atom. The molecule has 0 aromatic heterocycles. The van der Waals surface area contributed by atoms with E-state index in [2.05, 4.69) is 5.32 Å². The fraction of sp³-hybridized carbons (Fsp3) is 0.148. The van der Waals surface area contributed by atoms with Crippen LogP contribution in [0, 0.1) is 0 Å². The topological polar surface area (TPSA) is 66.0 Å². The molecule has 3 rings (SSSR count). The van der Waals surface area contributed by atoms with E-state index in [4.69, 9.17) is 18.9 Å². The van der Waals surface area contributed by atoms with Gasteiger partial charge in [-0.2, -0.15) is 0 Å². The number of hydrogen-bond donors (Lipinski definition) is 1. The summed E-state index contributed by atoms with van der Waals surface area (Å²) < 4.78 is 21.7. The summed E-state index contributed by atoms with van der Waals surface area (Å²) in [6.07, 6.45) is 7.04. The fourth-order valence-corrected chi connectivity index (χ4v) is 3.28. The first-order valence-corrected chi connectivity index (χ1v) is 10.3. The quantitative estimate of drug-likeness (QED) is 0.346. The minimum atomic E-state index is -0.259. The van der Waals surface area contributed by atoms with Crippen molar-refractivity contribution < 1.29 is 23.7 Å². The van der Waals surface area contributed by atoms with Crippen molar-refractivity contribution in [1.82, 2.24) is 0 Å². The number of para-hydroxylation sites is 1. The number of rotatable bonds is 9. The van der Waals surface area contributed by atoms with E-state index in [1.807, 2.05) is 66.7 Å². The van der Waals surface area contributed by atoms with Crippen LogP contribution < -0.4 is 24.3 Å². The molecule has 0 aliphatic rings. The molecule has 0 unspecified atom stereocenters. The largest absolute Gasteiger partial charge is 0.495 e. The number of ether oxygens (including phenoxy) is 4. The molecule has 0 atom stereocenters. The first-order valence-electron chi connectivity index (χ1n) is 10.3. The number of anilines is 1. The molecular formula is C27H27NO5. The van der Waals surface area contributed by atoms with Crippen molar-refractivity contribution in [2.45, 2.75) is 0 Å². The lowest BCUT2D eigenvalue weighted by Gasteiger charge is -2.13. The van der Waals surface area contributed by atoms with Gasteiger partial charge in [-0.25, -0.2) is 0 Å². The number of nitrogens with one attached hydrogen (secondary N) is 1. The minimum absolute atomic E-state index is 0.259. The highest BCUT2D eigenvalue weighted by molar-refractivity contribution is 6.04. The third-order valence-corrected chi connectivity index (χ3v) is 4.90. The molecule has 0 spiro atoms. The Labute approximate surface area is 194 Å². The number of amides is 1. The molecule has 0 saturated heterocycles. The zero-order valence-corrected chi connectivity index (χ0v) is 19.1. The van der Waals surface area contributed by atoms with E-state index >= 15 is 0 Å². The van der Waals surface area contributed by atoms with Crippen LogP contribution in [0.25, 0.3) is 18.2 Å². The molecule has 0 aliphatic heterocycles. The molecule has 0 radical (unpaired) electrons. The van der Waals surface area contributed by atoms with Crippen molar-refractivity contribution in [3.05, 3.63) is 83.4 Å². The summed E-state index contributed by atoms with van der Waals surface area (Å²) in [5.74, 6) is 1.94. The molecule has 0 fully saturated rings. The Morgan fingerprint density at radius 1 is 0.697 bits per heavy atom. The van der Waals surface area contributed by atoms with Crippen molar-refractivity contribution >= 4 is 29.8 Å². The van der Waals surface area contributed by atoms with E-state index in [-0.39, 0.29) is 5.91 Å². The van der Waals surface area contributed by atoms with Gasteiger partial charge in [0.15, 0.2) is 11.5 Å². The van der Waals surface area contributed by atoms with Gasteiger partial charge in [0.1, 0.15) is 5.75 Å². The summed E-state index contributed by atoms with van der Waals surface area (Å²) in [6, 6.07) is 18.9. The summed E-state index contributed by atoms with van der Waals surface area (Å²) in [7, 11) is 6.28. The smallest absolute Gasteiger partial charge is 0.248 e. The second-order valence-corrected chi connectivity index (χ2v) is 6.95. The van der Waals surface area contributed by atoms with E-state index < -0.39 is 0 Å². The van der Waals surface area contributed by atoms with Crippen LogP contribution in [0.2, 0.25) is 0 Å². The van der Waals surface area contributed by atoms with Gasteiger partial charge in [-0.1, -0.05) is 54.6 Å². The van der Waals surface area contributed by atoms with Gasteiger partial charge in [0.05, 0.1) is 34.1 Å². The van der Waals surface area contributed by atoms with Crippen LogP contribution in [0.15, 0.2) is 66.7 Å². The number of hydrogen-bond acceptors (Lipinski definition) is 5. The summed E-state index contributed by atoms with van der Waals surface area (Å²) in [4.78, 5) is 12.6. The van der Waals surface area contributed by atoms with Gasteiger partial charge in [0.25, 0.3) is 0 Å². The van der Waals surface area contributed by atoms with E-state index in [1.165, 1.54) is 6.08 Å². The van der Waals surface area contributed by atoms with Crippen LogP contribution in [0.4, 0.5) is 5.69 Å². The SMILES string of the molecule is COc1cccc(C=Cc2cc(OC)c(OC)c(OC)c2)c1NC(=O)/C=C/c1ccccc1. The molecule has 0 bridgehead atoms. The molecule has 170 valence electrons. The Hall–Kier alpha value is -4.19. The predicted molar refractivity (Wildman–Crippen MR) is 132 cm³/mol. The van der Waals surface area contributed by atoms with Crippen LogP contribution in [0.3, 0.4) is 0 Å². The van der Waals surface area contributed by atoms with Crippen LogP contribution in [0.1, 0.15) is 16.7 Å². The van der Waals surface area contributed by atoms with E-state index in [9.17, 15) is 4.79 Å². The molecule has 0 saturated carbocycles. The van der Waals surface area contributed by atoms with Gasteiger partial charge in [-0.3, -0.25) is 4.79 Å². The van der Waals surface area contributed by atoms with Gasteiger partial charge in [-0.15, -0.1) is 0 Å². The summed E-state index contributed by atoms with van der Waals surface area (Å²) in [6.45, 7) is 0. The summed E-state index contributed by atoms with van der Waals surface area (Å²) >= 11 is 0. The fourth-order valence-electron chi connectivity index (χ4n) is 3.28. The van der Waals surface area contributed by atoms with Gasteiger partial charge in [0, 0.05) is 11.6 Å². The van der Waals surface area contributed by atoms with Crippen molar-refractivity contribution in [1.29, 1.82) is 0 Å². The lowest BCUT2D eigenvalue weighted by molar-refractivity contribution is -0.111. The number of benzene rings is 3. The average Bonchev–Trinajstić information content (AvgIpc) is 2.86. The van der Waals surface area contributed by atoms with Crippen molar-refractivity contribution in [3.63, 3.8) is 0 Å². The first kappa shape index (κ1) is 23.5. The number of carbonyl (C=O) groups is 1. The monoisotopic (exact) mass is 445 g/mol. The third-order valence-electron chi connectivity index (χ3n) is 4.90. The summed E-state index contributed by atoms with van der Waals surface area (Å²) in [5.41, 5.74) is 3.14. The molecule has 3 aromatic carbocycles. The molecule has 0 heterocycles. The zero-order valence-electron chi connectivity index (χ0n) is 19.1. The van der Waals surface area contributed by atoms with Crippen molar-refractivity contribution in [2.24, 2.45) is 0 Å². The van der Waals surface area contributed by atoms with Crippen LogP contribution in [-0.4, -0.2) is 34.3 Å². The van der Waals surface area contributed by atoms with Crippen molar-refractivity contribution in [2.75, 3.05) is 33.8 Å². The molecule has 6 nitrogen and oxygen atoms in total. The van der Waals surface area contributed by atoms with Crippen LogP contribution >= 0.6 is 0 Å². The van der Waals surface area contributed by atoms with Gasteiger partial charge in [-0.05, 0) is 35.4 Å². The highest BCUT2D eigenvalue weighted by Crippen LogP contribution is 2.39. The Morgan fingerprint density at radius 3 is 1.97 bits per heavy atom. The summed E-state index contributed by atoms with van der Waals surface area (Å²) in [5, 5.41) is 2.93. The van der Waals surface area contributed by atoms with E-state index in [1.54, 1.807) is 40.6 Å². The molecule has 1 amide bonds. The van der Waals surface area contributed by atoms with E-state index in [0.717, 1.165) is 16.7 Å². The molecule has 6 heteroatoms. The normalized spacial score (nSPS) is 10.9.